The van der Waals surface area contributed by atoms with Crippen LogP contribution in [0, 0.1) is 10.7 Å². The molecule has 1 amide bonds. The quantitative estimate of drug-likeness (QED) is 0.764. The lowest BCUT2D eigenvalue weighted by atomic mass is 10.2. The molecule has 0 saturated heterocycles. The minimum atomic E-state index is -0.401. The maximum atomic E-state index is 13.0. The van der Waals surface area contributed by atoms with Gasteiger partial charge in [0.05, 0.1) is 5.69 Å². The van der Waals surface area contributed by atoms with Crippen LogP contribution in [0.5, 0.6) is 0 Å². The lowest BCUT2D eigenvalue weighted by Crippen LogP contribution is -2.22. The fraction of sp³-hybridized carbons (Fsp3) is 0.0714. The third kappa shape index (κ3) is 2.91. The molecule has 102 valence electrons. The molecule has 6 heteroatoms. The second kappa shape index (κ2) is 5.92. The minimum absolute atomic E-state index is 0.124. The van der Waals surface area contributed by atoms with Crippen LogP contribution in [-0.4, -0.2) is 5.91 Å². The highest BCUT2D eigenvalue weighted by Crippen LogP contribution is 2.36. The van der Waals surface area contributed by atoms with Crippen LogP contribution in [-0.2, 0) is 4.79 Å². The van der Waals surface area contributed by atoms with Gasteiger partial charge in [0.25, 0.3) is 0 Å². The molecule has 0 aliphatic heterocycles. The molecule has 0 heterocycles. The lowest BCUT2D eigenvalue weighted by Gasteiger charge is -2.22. The van der Waals surface area contributed by atoms with Crippen molar-refractivity contribution in [2.45, 2.75) is 6.92 Å². The van der Waals surface area contributed by atoms with Gasteiger partial charge in [-0.3, -0.25) is 9.69 Å². The second-order valence-electron chi connectivity index (χ2n) is 4.06. The van der Waals surface area contributed by atoms with Crippen molar-refractivity contribution in [2.24, 2.45) is 5.18 Å². The summed E-state index contributed by atoms with van der Waals surface area (Å²) in [6.45, 7) is 1.36. The summed E-state index contributed by atoms with van der Waals surface area (Å²) < 4.78 is 13.7. The van der Waals surface area contributed by atoms with Gasteiger partial charge in [-0.2, -0.15) is 0 Å². The summed E-state index contributed by atoms with van der Waals surface area (Å²) in [7, 11) is 0. The summed E-state index contributed by atoms with van der Waals surface area (Å²) in [5, 5.41) is 2.93. The number of halogens is 2. The van der Waals surface area contributed by atoms with Crippen molar-refractivity contribution < 1.29 is 9.18 Å². The van der Waals surface area contributed by atoms with E-state index < -0.39 is 5.82 Å². The Morgan fingerprint density at radius 2 is 1.85 bits per heavy atom. The van der Waals surface area contributed by atoms with Crippen LogP contribution >= 0.6 is 15.9 Å². The molecule has 4 nitrogen and oxygen atoms in total. The Labute approximate surface area is 123 Å². The van der Waals surface area contributed by atoms with Gasteiger partial charge in [0.15, 0.2) is 0 Å². The highest BCUT2D eigenvalue weighted by atomic mass is 79.9. The zero-order chi connectivity index (χ0) is 14.7. The fourth-order valence-electron chi connectivity index (χ4n) is 1.84. The molecule has 0 aliphatic carbocycles. The second-order valence-corrected chi connectivity index (χ2v) is 4.97. The van der Waals surface area contributed by atoms with Crippen molar-refractivity contribution in [1.82, 2.24) is 0 Å². The summed E-state index contributed by atoms with van der Waals surface area (Å²) in [4.78, 5) is 24.1. The Kier molecular flexibility index (Phi) is 4.24. The summed E-state index contributed by atoms with van der Waals surface area (Å²) >= 11 is 3.24. The molecule has 0 aromatic heterocycles. The third-order valence-corrected chi connectivity index (χ3v) is 3.17. The van der Waals surface area contributed by atoms with Gasteiger partial charge in [-0.05, 0) is 47.6 Å². The predicted molar refractivity (Wildman–Crippen MR) is 78.8 cm³/mol. The van der Waals surface area contributed by atoms with Crippen molar-refractivity contribution in [3.63, 3.8) is 0 Å². The fourth-order valence-corrected chi connectivity index (χ4v) is 2.19. The lowest BCUT2D eigenvalue weighted by molar-refractivity contribution is -0.115. The Morgan fingerprint density at radius 1 is 1.20 bits per heavy atom. The van der Waals surface area contributed by atoms with Gasteiger partial charge in [0.1, 0.15) is 11.5 Å². The monoisotopic (exact) mass is 336 g/mol. The largest absolute Gasteiger partial charge is 0.279 e. The molecule has 2 aromatic carbocycles. The first-order valence-corrected chi connectivity index (χ1v) is 6.51. The summed E-state index contributed by atoms with van der Waals surface area (Å²) in [6.07, 6.45) is 0. The number of anilines is 2. The van der Waals surface area contributed by atoms with E-state index in [2.05, 4.69) is 21.1 Å². The predicted octanol–water partition coefficient (Wildman–Crippen LogP) is 4.67. The Hall–Kier alpha value is -2.08. The SMILES string of the molecule is CC(=O)N(c1ccc(F)cc1)c1ccc(Br)cc1N=O. The van der Waals surface area contributed by atoms with Crippen molar-refractivity contribution in [2.75, 3.05) is 4.90 Å². The number of amides is 1. The molecule has 2 aromatic rings. The standard InChI is InChI=1S/C14H10BrFN2O2/c1-9(19)18(12-5-3-11(16)4-6-12)14-7-2-10(15)8-13(14)17-20/h2-8H,1H3. The van der Waals surface area contributed by atoms with E-state index in [0.29, 0.717) is 15.8 Å². The van der Waals surface area contributed by atoms with Crippen LogP contribution in [0.3, 0.4) is 0 Å². The minimum Gasteiger partial charge on any atom is -0.279 e. The van der Waals surface area contributed by atoms with Crippen LogP contribution in [0.2, 0.25) is 0 Å². The molecule has 0 bridgehead atoms. The van der Waals surface area contributed by atoms with E-state index in [0.717, 1.165) is 0 Å². The normalized spacial score (nSPS) is 10.2. The Balaban J connectivity index is 2.57. The smallest absolute Gasteiger partial charge is 0.228 e. The molecule has 0 fully saturated rings. The molecule has 0 aliphatic rings. The van der Waals surface area contributed by atoms with Gasteiger partial charge >= 0.3 is 0 Å². The van der Waals surface area contributed by atoms with Gasteiger partial charge in [0, 0.05) is 17.1 Å². The number of carbonyl (C=O) groups is 1. The maximum Gasteiger partial charge on any atom is 0.228 e. The number of hydrogen-bond donors (Lipinski definition) is 0. The van der Waals surface area contributed by atoms with E-state index in [9.17, 15) is 14.1 Å². The van der Waals surface area contributed by atoms with Gasteiger partial charge in [-0.1, -0.05) is 15.9 Å². The number of nitroso groups, excluding NO2 is 1. The first kappa shape index (κ1) is 14.3. The molecule has 0 N–H and O–H groups in total. The summed E-state index contributed by atoms with van der Waals surface area (Å²) in [5.41, 5.74) is 0.937. The summed E-state index contributed by atoms with van der Waals surface area (Å²) in [6, 6.07) is 10.2. The topological polar surface area (TPSA) is 49.7 Å². The van der Waals surface area contributed by atoms with Crippen molar-refractivity contribution >= 4 is 38.9 Å². The highest BCUT2D eigenvalue weighted by molar-refractivity contribution is 9.10. The summed E-state index contributed by atoms with van der Waals surface area (Å²) in [5.74, 6) is -0.703. The molecule has 20 heavy (non-hydrogen) atoms. The van der Waals surface area contributed by atoms with E-state index in [1.165, 1.54) is 42.2 Å². The van der Waals surface area contributed by atoms with Crippen molar-refractivity contribution in [3.8, 4) is 0 Å². The van der Waals surface area contributed by atoms with E-state index in [1.54, 1.807) is 12.1 Å². The Morgan fingerprint density at radius 3 is 2.40 bits per heavy atom. The molecule has 0 radical (unpaired) electrons. The highest BCUT2D eigenvalue weighted by Gasteiger charge is 2.18. The number of hydrogen-bond acceptors (Lipinski definition) is 3. The molecular weight excluding hydrogens is 327 g/mol. The zero-order valence-corrected chi connectivity index (χ0v) is 12.1. The van der Waals surface area contributed by atoms with Gasteiger partial charge in [-0.15, -0.1) is 4.91 Å². The van der Waals surface area contributed by atoms with E-state index in [-0.39, 0.29) is 11.6 Å². The first-order valence-electron chi connectivity index (χ1n) is 5.72. The van der Waals surface area contributed by atoms with Gasteiger partial charge in [0.2, 0.25) is 5.91 Å². The van der Waals surface area contributed by atoms with Gasteiger partial charge in [-0.25, -0.2) is 4.39 Å². The van der Waals surface area contributed by atoms with Crippen LogP contribution in [0.25, 0.3) is 0 Å². The molecule has 2 rings (SSSR count). The molecule has 0 saturated carbocycles. The van der Waals surface area contributed by atoms with E-state index >= 15 is 0 Å². The van der Waals surface area contributed by atoms with E-state index in [1.807, 2.05) is 0 Å². The number of nitrogens with zero attached hydrogens (tertiary/aromatic N) is 2. The number of carbonyl (C=O) groups excluding carboxylic acids is 1. The average Bonchev–Trinajstić information content (AvgIpc) is 2.42. The van der Waals surface area contributed by atoms with Crippen LogP contribution in [0.15, 0.2) is 52.1 Å². The van der Waals surface area contributed by atoms with Crippen LogP contribution < -0.4 is 4.90 Å². The number of rotatable bonds is 3. The molecule has 0 spiro atoms. The zero-order valence-electron chi connectivity index (χ0n) is 10.5. The van der Waals surface area contributed by atoms with Crippen molar-refractivity contribution in [1.29, 1.82) is 0 Å². The van der Waals surface area contributed by atoms with Crippen LogP contribution in [0.1, 0.15) is 6.92 Å². The van der Waals surface area contributed by atoms with Crippen molar-refractivity contribution in [3.05, 3.63) is 57.7 Å². The number of benzene rings is 2. The third-order valence-electron chi connectivity index (χ3n) is 2.68. The average molecular weight is 337 g/mol. The maximum absolute atomic E-state index is 13.0. The first-order chi connectivity index (χ1) is 9.52. The Bertz CT molecular complexity index is 659. The molecular formula is C14H10BrFN2O2. The molecule has 0 atom stereocenters. The van der Waals surface area contributed by atoms with Crippen LogP contribution in [0.4, 0.5) is 21.5 Å². The van der Waals surface area contributed by atoms with Gasteiger partial charge < -0.3 is 0 Å². The van der Waals surface area contributed by atoms with E-state index in [4.69, 9.17) is 0 Å². The molecule has 0 unspecified atom stereocenters.